The third-order valence-electron chi connectivity index (χ3n) is 4.45. The van der Waals surface area contributed by atoms with Crippen molar-refractivity contribution in [2.75, 3.05) is 32.8 Å². The second kappa shape index (κ2) is 6.88. The molecule has 1 heterocycles. The van der Waals surface area contributed by atoms with Crippen molar-refractivity contribution in [1.29, 1.82) is 0 Å². The molecular weight excluding hydrogens is 224 g/mol. The summed E-state index contributed by atoms with van der Waals surface area (Å²) in [5.74, 6) is 0. The normalized spacial score (nSPS) is 23.2. The lowest BCUT2D eigenvalue weighted by molar-refractivity contribution is -0.000759. The second-order valence-corrected chi connectivity index (χ2v) is 6.19. The molecule has 0 amide bonds. The van der Waals surface area contributed by atoms with Gasteiger partial charge in [-0.1, -0.05) is 20.8 Å². The summed E-state index contributed by atoms with van der Waals surface area (Å²) in [5.41, 5.74) is 0.545. The van der Waals surface area contributed by atoms with Crippen LogP contribution in [-0.2, 0) is 4.74 Å². The molecular formula is C15H32N2O. The van der Waals surface area contributed by atoms with Crippen LogP contribution in [0.2, 0.25) is 0 Å². The number of nitrogens with one attached hydrogen (secondary N) is 1. The first-order valence-corrected chi connectivity index (χ1v) is 7.57. The minimum Gasteiger partial charge on any atom is -0.380 e. The quantitative estimate of drug-likeness (QED) is 0.709. The molecule has 108 valence electrons. The van der Waals surface area contributed by atoms with E-state index in [1.807, 2.05) is 0 Å². The van der Waals surface area contributed by atoms with Gasteiger partial charge in [-0.05, 0) is 33.1 Å². The molecule has 0 radical (unpaired) electrons. The lowest BCUT2D eigenvalue weighted by Gasteiger charge is -2.52. The zero-order chi connectivity index (χ0) is 13.6. The average molecular weight is 256 g/mol. The van der Waals surface area contributed by atoms with Gasteiger partial charge in [0.2, 0.25) is 0 Å². The molecule has 0 aromatic carbocycles. The molecule has 0 aliphatic carbocycles. The molecule has 0 unspecified atom stereocenters. The molecule has 0 bridgehead atoms. The highest BCUT2D eigenvalue weighted by Gasteiger charge is 2.40. The van der Waals surface area contributed by atoms with Gasteiger partial charge in [0.15, 0.2) is 0 Å². The predicted octanol–water partition coefficient (Wildman–Crippen LogP) is 2.66. The largest absolute Gasteiger partial charge is 0.380 e. The standard InChI is InChI=1S/C15H32N2O/c1-6-10-18-11-9-17-13-15(7-2,8-3)16-12-14(17,4)5/h16H,6-13H2,1-5H3. The van der Waals surface area contributed by atoms with E-state index in [0.717, 1.165) is 39.3 Å². The first-order valence-electron chi connectivity index (χ1n) is 7.57. The Labute approximate surface area is 113 Å². The van der Waals surface area contributed by atoms with Crippen molar-refractivity contribution in [3.05, 3.63) is 0 Å². The maximum Gasteiger partial charge on any atom is 0.0593 e. The highest BCUT2D eigenvalue weighted by atomic mass is 16.5. The highest BCUT2D eigenvalue weighted by Crippen LogP contribution is 2.27. The third kappa shape index (κ3) is 3.94. The molecule has 18 heavy (non-hydrogen) atoms. The number of piperazine rings is 1. The Balaban J connectivity index is 2.54. The van der Waals surface area contributed by atoms with Crippen LogP contribution in [0.15, 0.2) is 0 Å². The van der Waals surface area contributed by atoms with Gasteiger partial charge >= 0.3 is 0 Å². The van der Waals surface area contributed by atoms with E-state index >= 15 is 0 Å². The van der Waals surface area contributed by atoms with Crippen LogP contribution >= 0.6 is 0 Å². The summed E-state index contributed by atoms with van der Waals surface area (Å²) < 4.78 is 5.65. The lowest BCUT2D eigenvalue weighted by Crippen LogP contribution is -2.68. The Morgan fingerprint density at radius 3 is 2.33 bits per heavy atom. The summed E-state index contributed by atoms with van der Waals surface area (Å²) in [6, 6.07) is 0. The fourth-order valence-corrected chi connectivity index (χ4v) is 2.68. The zero-order valence-corrected chi connectivity index (χ0v) is 13.0. The zero-order valence-electron chi connectivity index (χ0n) is 13.0. The van der Waals surface area contributed by atoms with E-state index < -0.39 is 0 Å². The van der Waals surface area contributed by atoms with E-state index in [-0.39, 0.29) is 5.54 Å². The fraction of sp³-hybridized carbons (Fsp3) is 1.00. The van der Waals surface area contributed by atoms with Crippen LogP contribution in [0.1, 0.15) is 53.9 Å². The first kappa shape index (κ1) is 15.9. The molecule has 1 N–H and O–H groups in total. The van der Waals surface area contributed by atoms with Crippen LogP contribution in [0.4, 0.5) is 0 Å². The lowest BCUT2D eigenvalue weighted by atomic mass is 9.85. The van der Waals surface area contributed by atoms with Gasteiger partial charge in [-0.25, -0.2) is 0 Å². The van der Waals surface area contributed by atoms with Gasteiger partial charge in [-0.15, -0.1) is 0 Å². The van der Waals surface area contributed by atoms with Gasteiger partial charge in [-0.3, -0.25) is 4.90 Å². The molecule has 1 aliphatic heterocycles. The van der Waals surface area contributed by atoms with Crippen LogP contribution in [-0.4, -0.2) is 48.8 Å². The summed E-state index contributed by atoms with van der Waals surface area (Å²) in [5, 5.41) is 3.77. The molecule has 0 aromatic heterocycles. The van der Waals surface area contributed by atoms with Crippen molar-refractivity contribution in [2.45, 2.75) is 65.0 Å². The molecule has 0 aromatic rings. The molecule has 0 spiro atoms. The summed E-state index contributed by atoms with van der Waals surface area (Å²) in [6.45, 7) is 16.4. The van der Waals surface area contributed by atoms with Gasteiger partial charge in [0, 0.05) is 37.3 Å². The smallest absolute Gasteiger partial charge is 0.0593 e. The number of nitrogens with zero attached hydrogens (tertiary/aromatic N) is 1. The summed E-state index contributed by atoms with van der Waals surface area (Å²) in [6.07, 6.45) is 3.51. The molecule has 3 heteroatoms. The van der Waals surface area contributed by atoms with Gasteiger partial charge in [0.1, 0.15) is 0 Å². The van der Waals surface area contributed by atoms with Gasteiger partial charge in [-0.2, -0.15) is 0 Å². The SMILES string of the molecule is CCCOCCN1CC(CC)(CC)NCC1(C)C. The number of hydrogen-bond acceptors (Lipinski definition) is 3. The molecule has 1 aliphatic rings. The van der Waals surface area contributed by atoms with Crippen LogP contribution in [0.25, 0.3) is 0 Å². The van der Waals surface area contributed by atoms with Crippen molar-refractivity contribution in [3.8, 4) is 0 Å². The van der Waals surface area contributed by atoms with Crippen LogP contribution < -0.4 is 5.32 Å². The molecule has 3 nitrogen and oxygen atoms in total. The van der Waals surface area contributed by atoms with Crippen LogP contribution in [0, 0.1) is 0 Å². The second-order valence-electron chi connectivity index (χ2n) is 6.19. The fourth-order valence-electron chi connectivity index (χ4n) is 2.68. The summed E-state index contributed by atoms with van der Waals surface area (Å²) in [4.78, 5) is 2.60. The maximum absolute atomic E-state index is 5.65. The Morgan fingerprint density at radius 1 is 1.11 bits per heavy atom. The predicted molar refractivity (Wildman–Crippen MR) is 78.1 cm³/mol. The topological polar surface area (TPSA) is 24.5 Å². The average Bonchev–Trinajstić information content (AvgIpc) is 2.37. The van der Waals surface area contributed by atoms with Crippen LogP contribution in [0.5, 0.6) is 0 Å². The number of rotatable bonds is 7. The summed E-state index contributed by atoms with van der Waals surface area (Å²) >= 11 is 0. The Morgan fingerprint density at radius 2 is 1.78 bits per heavy atom. The van der Waals surface area contributed by atoms with Crippen molar-refractivity contribution in [2.24, 2.45) is 0 Å². The van der Waals surface area contributed by atoms with Gasteiger partial charge in [0.05, 0.1) is 6.61 Å². The highest BCUT2D eigenvalue weighted by molar-refractivity contribution is 5.00. The van der Waals surface area contributed by atoms with E-state index in [9.17, 15) is 0 Å². The maximum atomic E-state index is 5.65. The monoisotopic (exact) mass is 256 g/mol. The first-order chi connectivity index (χ1) is 8.49. The van der Waals surface area contributed by atoms with Crippen molar-refractivity contribution in [3.63, 3.8) is 0 Å². The third-order valence-corrected chi connectivity index (χ3v) is 4.45. The molecule has 0 saturated carbocycles. The molecule has 1 rings (SSSR count). The van der Waals surface area contributed by atoms with Gasteiger partial charge < -0.3 is 10.1 Å². The summed E-state index contributed by atoms with van der Waals surface area (Å²) in [7, 11) is 0. The molecule has 0 atom stereocenters. The van der Waals surface area contributed by atoms with Crippen molar-refractivity contribution < 1.29 is 4.74 Å². The van der Waals surface area contributed by atoms with Crippen molar-refractivity contribution in [1.82, 2.24) is 10.2 Å². The Bertz CT molecular complexity index is 237. The van der Waals surface area contributed by atoms with Gasteiger partial charge in [0.25, 0.3) is 0 Å². The minimum atomic E-state index is 0.239. The van der Waals surface area contributed by atoms with E-state index in [2.05, 4.69) is 44.8 Å². The molecule has 1 saturated heterocycles. The molecule has 1 fully saturated rings. The number of ether oxygens (including phenoxy) is 1. The Hall–Kier alpha value is -0.120. The minimum absolute atomic E-state index is 0.239. The number of hydrogen-bond donors (Lipinski definition) is 1. The van der Waals surface area contributed by atoms with Crippen LogP contribution in [0.3, 0.4) is 0 Å². The van der Waals surface area contributed by atoms with E-state index in [0.29, 0.717) is 5.54 Å². The van der Waals surface area contributed by atoms with E-state index in [4.69, 9.17) is 4.74 Å². The van der Waals surface area contributed by atoms with E-state index in [1.165, 1.54) is 12.8 Å². The van der Waals surface area contributed by atoms with E-state index in [1.54, 1.807) is 0 Å². The Kier molecular flexibility index (Phi) is 6.09. The van der Waals surface area contributed by atoms with Crippen molar-refractivity contribution >= 4 is 0 Å².